The van der Waals surface area contributed by atoms with Crippen molar-refractivity contribution in [2.24, 2.45) is 0 Å². The Bertz CT molecular complexity index is 854. The summed E-state index contributed by atoms with van der Waals surface area (Å²) in [5.74, 6) is 0.362. The zero-order chi connectivity index (χ0) is 14.4. The van der Waals surface area contributed by atoms with E-state index >= 15 is 0 Å². The molecule has 2 aromatic heterocycles. The average molecular weight is 303 g/mol. The van der Waals surface area contributed by atoms with Crippen molar-refractivity contribution >= 4 is 28.3 Å². The van der Waals surface area contributed by atoms with E-state index in [-0.39, 0.29) is 12.5 Å². The predicted molar refractivity (Wildman–Crippen MR) is 74.0 cm³/mol. The van der Waals surface area contributed by atoms with Crippen molar-refractivity contribution in [2.45, 2.75) is 6.54 Å². The highest BCUT2D eigenvalue weighted by Gasteiger charge is 2.17. The lowest BCUT2D eigenvalue weighted by Crippen LogP contribution is -2.00. The van der Waals surface area contributed by atoms with Gasteiger partial charge < -0.3 is 19.1 Å². The van der Waals surface area contributed by atoms with Crippen molar-refractivity contribution in [3.05, 3.63) is 34.5 Å². The summed E-state index contributed by atoms with van der Waals surface area (Å²) < 4.78 is 12.6. The highest BCUT2D eigenvalue weighted by Crippen LogP contribution is 2.35. The summed E-state index contributed by atoms with van der Waals surface area (Å²) >= 11 is 1.31. The van der Waals surface area contributed by atoms with Crippen molar-refractivity contribution < 1.29 is 19.4 Å². The third-order valence-electron chi connectivity index (χ3n) is 3.19. The van der Waals surface area contributed by atoms with Crippen molar-refractivity contribution in [3.63, 3.8) is 0 Å². The van der Waals surface area contributed by atoms with Crippen LogP contribution in [0.2, 0.25) is 0 Å². The fraction of sp³-hybridized carbons (Fsp3) is 0.154. The summed E-state index contributed by atoms with van der Waals surface area (Å²) in [6, 6.07) is 3.70. The van der Waals surface area contributed by atoms with Crippen LogP contribution in [-0.2, 0) is 6.54 Å². The van der Waals surface area contributed by atoms with Crippen molar-refractivity contribution in [1.29, 1.82) is 0 Å². The molecule has 0 spiro atoms. The highest BCUT2D eigenvalue weighted by molar-refractivity contribution is 7.09. The summed E-state index contributed by atoms with van der Waals surface area (Å²) in [5, 5.41) is 11.1. The number of thiazole rings is 1. The molecule has 1 aliphatic heterocycles. The molecule has 0 atom stereocenters. The first kappa shape index (κ1) is 12.2. The molecular formula is C13H9N3O4S. The maximum absolute atomic E-state index is 10.9. The second-order valence-electron chi connectivity index (χ2n) is 4.50. The Morgan fingerprint density at radius 1 is 1.38 bits per heavy atom. The minimum atomic E-state index is -1.02. The second-order valence-corrected chi connectivity index (χ2v) is 5.44. The van der Waals surface area contributed by atoms with Gasteiger partial charge in [-0.25, -0.2) is 14.8 Å². The fourth-order valence-corrected chi connectivity index (χ4v) is 2.97. The molecule has 1 aliphatic rings. The minimum Gasteiger partial charge on any atom is -0.476 e. The molecule has 0 unspecified atom stereocenters. The van der Waals surface area contributed by atoms with Crippen LogP contribution in [0.15, 0.2) is 23.8 Å². The number of carbonyl (C=O) groups is 1. The van der Waals surface area contributed by atoms with E-state index in [1.807, 2.05) is 16.7 Å². The Balaban J connectivity index is 1.71. The van der Waals surface area contributed by atoms with Gasteiger partial charge in [-0.15, -0.1) is 11.3 Å². The third kappa shape index (κ3) is 2.00. The van der Waals surface area contributed by atoms with Crippen LogP contribution >= 0.6 is 11.3 Å². The van der Waals surface area contributed by atoms with Crippen LogP contribution in [0.1, 0.15) is 15.5 Å². The van der Waals surface area contributed by atoms with Gasteiger partial charge >= 0.3 is 5.97 Å². The number of rotatable bonds is 3. The first-order chi connectivity index (χ1) is 10.2. The summed E-state index contributed by atoms with van der Waals surface area (Å²) in [5.41, 5.74) is 1.76. The lowest BCUT2D eigenvalue weighted by molar-refractivity contribution is 0.0691. The maximum atomic E-state index is 10.9. The number of fused-ring (bicyclic) bond motifs is 2. The number of hydrogen-bond donors (Lipinski definition) is 1. The molecule has 0 radical (unpaired) electrons. The Kier molecular flexibility index (Phi) is 2.58. The van der Waals surface area contributed by atoms with Gasteiger partial charge in [-0.3, -0.25) is 0 Å². The summed E-state index contributed by atoms with van der Waals surface area (Å²) in [4.78, 5) is 19.3. The molecule has 0 amide bonds. The molecule has 0 bridgehead atoms. The molecule has 0 saturated carbocycles. The Morgan fingerprint density at radius 3 is 2.95 bits per heavy atom. The number of benzene rings is 1. The number of aromatic nitrogens is 3. The van der Waals surface area contributed by atoms with E-state index in [1.54, 1.807) is 6.33 Å². The van der Waals surface area contributed by atoms with E-state index in [0.717, 1.165) is 11.0 Å². The highest BCUT2D eigenvalue weighted by atomic mass is 32.1. The fourth-order valence-electron chi connectivity index (χ4n) is 2.20. The van der Waals surface area contributed by atoms with E-state index in [1.165, 1.54) is 16.7 Å². The van der Waals surface area contributed by atoms with E-state index in [4.69, 9.17) is 14.6 Å². The number of imidazole rings is 1. The molecule has 1 N–H and O–H groups in total. The molecule has 21 heavy (non-hydrogen) atoms. The van der Waals surface area contributed by atoms with Gasteiger partial charge in [0.15, 0.2) is 17.2 Å². The van der Waals surface area contributed by atoms with Gasteiger partial charge in [0.1, 0.15) is 5.01 Å². The van der Waals surface area contributed by atoms with Crippen LogP contribution in [0.25, 0.3) is 11.0 Å². The van der Waals surface area contributed by atoms with Crippen molar-refractivity contribution in [1.82, 2.24) is 14.5 Å². The number of aromatic carboxylic acids is 1. The maximum Gasteiger partial charge on any atom is 0.355 e. The standard InChI is InChI=1S/C13H9N3O4S/c17-13(18)8-4-21-12(15-8)3-16-5-14-7-1-10-11(2-9(7)16)20-6-19-10/h1-2,4-5H,3,6H2,(H,17,18). The normalized spacial score (nSPS) is 13.0. The smallest absolute Gasteiger partial charge is 0.355 e. The molecule has 1 aromatic carbocycles. The summed E-state index contributed by atoms with van der Waals surface area (Å²) in [6.07, 6.45) is 1.70. The molecule has 8 heteroatoms. The first-order valence-corrected chi connectivity index (χ1v) is 7.01. The molecule has 4 rings (SSSR count). The van der Waals surface area contributed by atoms with Crippen LogP contribution < -0.4 is 9.47 Å². The van der Waals surface area contributed by atoms with Crippen molar-refractivity contribution in [3.8, 4) is 11.5 Å². The second kappa shape index (κ2) is 4.45. The lowest BCUT2D eigenvalue weighted by atomic mass is 10.2. The van der Waals surface area contributed by atoms with E-state index in [9.17, 15) is 4.79 Å². The quantitative estimate of drug-likeness (QED) is 0.796. The number of ether oxygens (including phenoxy) is 2. The SMILES string of the molecule is O=C(O)c1csc(Cn2cnc3cc4c(cc32)OCO4)n1. The van der Waals surface area contributed by atoms with Gasteiger partial charge in [0.05, 0.1) is 23.9 Å². The Labute approximate surface area is 122 Å². The molecular weight excluding hydrogens is 294 g/mol. The summed E-state index contributed by atoms with van der Waals surface area (Å²) in [6.45, 7) is 0.685. The minimum absolute atomic E-state index is 0.0667. The first-order valence-electron chi connectivity index (χ1n) is 6.13. The topological polar surface area (TPSA) is 86.5 Å². The lowest BCUT2D eigenvalue weighted by Gasteiger charge is -2.02. The monoisotopic (exact) mass is 303 g/mol. The van der Waals surface area contributed by atoms with Crippen molar-refractivity contribution in [2.75, 3.05) is 6.79 Å². The van der Waals surface area contributed by atoms with Crippen LogP contribution in [0.3, 0.4) is 0 Å². The molecule has 0 aliphatic carbocycles. The van der Waals surface area contributed by atoms with Gasteiger partial charge in [-0.2, -0.15) is 0 Å². The molecule has 7 nitrogen and oxygen atoms in total. The Morgan fingerprint density at radius 2 is 2.19 bits per heavy atom. The molecule has 106 valence electrons. The Hall–Kier alpha value is -2.61. The number of hydrogen-bond acceptors (Lipinski definition) is 6. The van der Waals surface area contributed by atoms with Gasteiger partial charge in [-0.05, 0) is 0 Å². The van der Waals surface area contributed by atoms with Gasteiger partial charge in [0, 0.05) is 17.5 Å². The number of nitrogens with zero attached hydrogens (tertiary/aromatic N) is 3. The predicted octanol–water partition coefficient (Wildman–Crippen LogP) is 1.97. The molecule has 3 aromatic rings. The summed E-state index contributed by atoms with van der Waals surface area (Å²) in [7, 11) is 0. The molecule has 0 saturated heterocycles. The number of carboxylic acids is 1. The average Bonchev–Trinajstić information content (AvgIpc) is 3.17. The zero-order valence-electron chi connectivity index (χ0n) is 10.6. The van der Waals surface area contributed by atoms with E-state index < -0.39 is 5.97 Å². The van der Waals surface area contributed by atoms with Crippen LogP contribution in [0.5, 0.6) is 11.5 Å². The third-order valence-corrected chi connectivity index (χ3v) is 4.03. The van der Waals surface area contributed by atoms with Gasteiger partial charge in [0.25, 0.3) is 0 Å². The zero-order valence-corrected chi connectivity index (χ0v) is 11.5. The van der Waals surface area contributed by atoms with E-state index in [2.05, 4.69) is 9.97 Å². The number of carboxylic acid groups (broad SMARTS) is 1. The van der Waals surface area contributed by atoms with Crippen LogP contribution in [-0.4, -0.2) is 32.4 Å². The van der Waals surface area contributed by atoms with E-state index in [0.29, 0.717) is 23.1 Å². The van der Waals surface area contributed by atoms with Crippen LogP contribution in [0.4, 0.5) is 0 Å². The van der Waals surface area contributed by atoms with Gasteiger partial charge in [-0.1, -0.05) is 0 Å². The molecule has 0 fully saturated rings. The molecule has 3 heterocycles. The van der Waals surface area contributed by atoms with Gasteiger partial charge in [0.2, 0.25) is 6.79 Å². The largest absolute Gasteiger partial charge is 0.476 e. The van der Waals surface area contributed by atoms with Crippen LogP contribution in [0, 0.1) is 0 Å².